The first-order valence-corrected chi connectivity index (χ1v) is 3.94. The number of rotatable bonds is 2. The summed E-state index contributed by atoms with van der Waals surface area (Å²) >= 11 is 0. The number of aromatic nitrogens is 2. The van der Waals surface area contributed by atoms with Crippen LogP contribution >= 0.6 is 0 Å². The monoisotopic (exact) mass is 184 g/mol. The van der Waals surface area contributed by atoms with Crippen molar-refractivity contribution in [1.29, 1.82) is 0 Å². The van der Waals surface area contributed by atoms with Gasteiger partial charge in [-0.1, -0.05) is 25.9 Å². The zero-order valence-corrected chi connectivity index (χ0v) is 7.87. The van der Waals surface area contributed by atoms with Crippen molar-refractivity contribution in [2.45, 2.75) is 32.6 Å². The summed E-state index contributed by atoms with van der Waals surface area (Å²) in [4.78, 5) is 14.3. The number of carboxylic acid groups (broad SMARTS) is 1. The molecule has 1 aromatic rings. The fourth-order valence-electron chi connectivity index (χ4n) is 0.761. The number of carbonyl (C=O) groups is 1. The van der Waals surface area contributed by atoms with Gasteiger partial charge in [-0.05, 0) is 0 Å². The van der Waals surface area contributed by atoms with Gasteiger partial charge in [-0.2, -0.15) is 4.98 Å². The van der Waals surface area contributed by atoms with Gasteiger partial charge in [0.1, 0.15) is 6.42 Å². The second-order valence-electron chi connectivity index (χ2n) is 3.83. The van der Waals surface area contributed by atoms with E-state index in [1.807, 2.05) is 20.8 Å². The van der Waals surface area contributed by atoms with Crippen LogP contribution in [-0.2, 0) is 16.6 Å². The second-order valence-corrected chi connectivity index (χ2v) is 3.83. The highest BCUT2D eigenvalue weighted by molar-refractivity contribution is 5.68. The molecule has 0 saturated carbocycles. The maximum Gasteiger partial charge on any atom is 0.312 e. The molecule has 0 aliphatic rings. The van der Waals surface area contributed by atoms with Gasteiger partial charge in [0, 0.05) is 5.41 Å². The highest BCUT2D eigenvalue weighted by atomic mass is 16.5. The third kappa shape index (κ3) is 2.54. The van der Waals surface area contributed by atoms with Crippen LogP contribution in [0.5, 0.6) is 0 Å². The molecule has 0 aromatic carbocycles. The van der Waals surface area contributed by atoms with Crippen LogP contribution in [0.4, 0.5) is 0 Å². The van der Waals surface area contributed by atoms with Gasteiger partial charge < -0.3 is 9.63 Å². The molecule has 0 fully saturated rings. The zero-order chi connectivity index (χ0) is 10.1. The van der Waals surface area contributed by atoms with Gasteiger partial charge in [-0.3, -0.25) is 4.79 Å². The maximum atomic E-state index is 10.3. The summed E-state index contributed by atoms with van der Waals surface area (Å²) < 4.78 is 4.76. The van der Waals surface area contributed by atoms with Crippen molar-refractivity contribution in [2.75, 3.05) is 0 Å². The fourth-order valence-corrected chi connectivity index (χ4v) is 0.761. The lowest BCUT2D eigenvalue weighted by Crippen LogP contribution is -2.13. The first-order chi connectivity index (χ1) is 5.89. The van der Waals surface area contributed by atoms with E-state index in [-0.39, 0.29) is 17.7 Å². The highest BCUT2D eigenvalue weighted by Gasteiger charge is 2.21. The molecule has 1 N–H and O–H groups in total. The van der Waals surface area contributed by atoms with Gasteiger partial charge >= 0.3 is 5.97 Å². The van der Waals surface area contributed by atoms with Crippen LogP contribution in [0.1, 0.15) is 32.5 Å². The van der Waals surface area contributed by atoms with Crippen molar-refractivity contribution in [3.05, 3.63) is 11.7 Å². The van der Waals surface area contributed by atoms with E-state index in [1.54, 1.807) is 0 Å². The van der Waals surface area contributed by atoms with E-state index in [0.29, 0.717) is 5.82 Å². The molecule has 0 saturated heterocycles. The Hall–Kier alpha value is -1.39. The van der Waals surface area contributed by atoms with E-state index in [4.69, 9.17) is 9.63 Å². The smallest absolute Gasteiger partial charge is 0.312 e. The lowest BCUT2D eigenvalue weighted by atomic mass is 9.96. The zero-order valence-electron chi connectivity index (χ0n) is 7.87. The van der Waals surface area contributed by atoms with Crippen molar-refractivity contribution in [3.8, 4) is 0 Å². The Morgan fingerprint density at radius 1 is 1.54 bits per heavy atom. The first kappa shape index (κ1) is 9.70. The Labute approximate surface area is 75.8 Å². The molecule has 0 amide bonds. The lowest BCUT2D eigenvalue weighted by Gasteiger charge is -2.10. The maximum absolute atomic E-state index is 10.3. The van der Waals surface area contributed by atoms with Crippen LogP contribution in [0.15, 0.2) is 4.52 Å². The van der Waals surface area contributed by atoms with Crippen molar-refractivity contribution in [3.63, 3.8) is 0 Å². The van der Waals surface area contributed by atoms with Crippen LogP contribution in [0.25, 0.3) is 0 Å². The summed E-state index contributed by atoms with van der Waals surface area (Å²) in [5.41, 5.74) is -0.208. The molecular weight excluding hydrogens is 172 g/mol. The molecule has 1 rings (SSSR count). The first-order valence-electron chi connectivity index (χ1n) is 3.94. The molecule has 1 heterocycles. The van der Waals surface area contributed by atoms with E-state index in [9.17, 15) is 4.79 Å². The minimum absolute atomic E-state index is 0.150. The van der Waals surface area contributed by atoms with Gasteiger partial charge in [0.25, 0.3) is 0 Å². The standard InChI is InChI=1S/C8H12N2O3/c1-8(2,3)7-9-5(13-10-7)4-6(11)12/h4H2,1-3H3,(H,11,12). The van der Waals surface area contributed by atoms with E-state index < -0.39 is 5.97 Å². The summed E-state index contributed by atoms with van der Waals surface area (Å²) in [7, 11) is 0. The van der Waals surface area contributed by atoms with Crippen LogP contribution in [0.3, 0.4) is 0 Å². The fraction of sp³-hybridized carbons (Fsp3) is 0.625. The topological polar surface area (TPSA) is 76.2 Å². The molecule has 0 aliphatic carbocycles. The Morgan fingerprint density at radius 2 is 2.15 bits per heavy atom. The number of nitrogens with zero attached hydrogens (tertiary/aromatic N) is 2. The van der Waals surface area contributed by atoms with Crippen LogP contribution in [0.2, 0.25) is 0 Å². The van der Waals surface area contributed by atoms with Crippen molar-refractivity contribution < 1.29 is 14.4 Å². The molecule has 0 bridgehead atoms. The Morgan fingerprint density at radius 3 is 2.54 bits per heavy atom. The van der Waals surface area contributed by atoms with Crippen molar-refractivity contribution in [1.82, 2.24) is 10.1 Å². The Bertz CT molecular complexity index is 311. The SMILES string of the molecule is CC(C)(C)c1noc(CC(=O)O)n1. The molecule has 5 nitrogen and oxygen atoms in total. The summed E-state index contributed by atoms with van der Waals surface area (Å²) in [5, 5.41) is 12.1. The average Bonchev–Trinajstić information content (AvgIpc) is 2.32. The molecular formula is C8H12N2O3. The van der Waals surface area contributed by atoms with E-state index in [0.717, 1.165) is 0 Å². The predicted molar refractivity (Wildman–Crippen MR) is 44.3 cm³/mol. The van der Waals surface area contributed by atoms with E-state index in [1.165, 1.54) is 0 Å². The molecule has 0 unspecified atom stereocenters. The Kier molecular flexibility index (Phi) is 2.36. The van der Waals surface area contributed by atoms with Gasteiger partial charge in [0.2, 0.25) is 5.89 Å². The van der Waals surface area contributed by atoms with Crippen molar-refractivity contribution >= 4 is 5.97 Å². The number of hydrogen-bond acceptors (Lipinski definition) is 4. The number of aliphatic carboxylic acids is 1. The van der Waals surface area contributed by atoms with E-state index >= 15 is 0 Å². The molecule has 0 atom stereocenters. The minimum Gasteiger partial charge on any atom is -0.481 e. The van der Waals surface area contributed by atoms with E-state index in [2.05, 4.69) is 10.1 Å². The van der Waals surface area contributed by atoms with Crippen molar-refractivity contribution in [2.24, 2.45) is 0 Å². The normalized spacial score (nSPS) is 11.6. The molecule has 0 aliphatic heterocycles. The van der Waals surface area contributed by atoms with Crippen LogP contribution in [0, 0.1) is 0 Å². The molecule has 72 valence electrons. The molecule has 0 spiro atoms. The molecule has 13 heavy (non-hydrogen) atoms. The summed E-state index contributed by atoms with van der Waals surface area (Å²) in [6, 6.07) is 0. The highest BCUT2D eigenvalue weighted by Crippen LogP contribution is 2.18. The van der Waals surface area contributed by atoms with Crippen LogP contribution < -0.4 is 0 Å². The largest absolute Gasteiger partial charge is 0.481 e. The van der Waals surface area contributed by atoms with Crippen LogP contribution in [-0.4, -0.2) is 21.2 Å². The second kappa shape index (κ2) is 3.16. The number of hydrogen-bond donors (Lipinski definition) is 1. The predicted octanol–water partition coefficient (Wildman–Crippen LogP) is 0.994. The number of carboxylic acids is 1. The Balaban J connectivity index is 2.81. The lowest BCUT2D eigenvalue weighted by molar-refractivity contribution is -0.136. The molecule has 5 heteroatoms. The average molecular weight is 184 g/mol. The minimum atomic E-state index is -0.968. The summed E-state index contributed by atoms with van der Waals surface area (Å²) in [5.74, 6) is -0.287. The van der Waals surface area contributed by atoms with Gasteiger partial charge in [0.15, 0.2) is 5.82 Å². The summed E-state index contributed by atoms with van der Waals surface area (Å²) in [6.07, 6.45) is -0.219. The molecule has 0 radical (unpaired) electrons. The third-order valence-electron chi connectivity index (χ3n) is 1.44. The molecule has 1 aromatic heterocycles. The van der Waals surface area contributed by atoms with Gasteiger partial charge in [-0.15, -0.1) is 0 Å². The quantitative estimate of drug-likeness (QED) is 0.741. The van der Waals surface area contributed by atoms with Gasteiger partial charge in [0.05, 0.1) is 0 Å². The van der Waals surface area contributed by atoms with Gasteiger partial charge in [-0.25, -0.2) is 0 Å². The third-order valence-corrected chi connectivity index (χ3v) is 1.44. The summed E-state index contributed by atoms with van der Waals surface area (Å²) in [6.45, 7) is 5.80.